The van der Waals surface area contributed by atoms with E-state index in [9.17, 15) is 18.0 Å². The topological polar surface area (TPSA) is 86.8 Å². The molecule has 3 aromatic rings. The first-order valence-corrected chi connectivity index (χ1v) is 14.1. The number of amides is 2. The zero-order valence-corrected chi connectivity index (χ0v) is 22.3. The van der Waals surface area contributed by atoms with E-state index >= 15 is 0 Å². The average Bonchev–Trinajstić information content (AvgIpc) is 3.18. The number of likely N-dealkylation sites (tertiary alicyclic amines) is 1. The van der Waals surface area contributed by atoms with Crippen LogP contribution in [-0.2, 0) is 14.8 Å². The summed E-state index contributed by atoms with van der Waals surface area (Å²) >= 11 is 6.36. The van der Waals surface area contributed by atoms with Gasteiger partial charge in [-0.05, 0) is 56.2 Å². The highest BCUT2D eigenvalue weighted by atomic mass is 35.5. The molecule has 7 nitrogen and oxygen atoms in total. The van der Waals surface area contributed by atoms with Gasteiger partial charge in [0.15, 0.2) is 0 Å². The molecule has 1 aliphatic rings. The van der Waals surface area contributed by atoms with Crippen molar-refractivity contribution in [3.63, 3.8) is 0 Å². The summed E-state index contributed by atoms with van der Waals surface area (Å²) in [6.07, 6.45) is 4.08. The number of carbonyl (C=O) groups is 2. The molecule has 0 atom stereocenters. The van der Waals surface area contributed by atoms with Crippen molar-refractivity contribution in [3.05, 3.63) is 88.9 Å². The zero-order valence-electron chi connectivity index (χ0n) is 20.7. The highest BCUT2D eigenvalue weighted by Gasteiger charge is 2.29. The molecular weight excluding hydrogens is 510 g/mol. The third-order valence-corrected chi connectivity index (χ3v) is 8.44. The summed E-state index contributed by atoms with van der Waals surface area (Å²) in [7, 11) is -4.12. The predicted molar refractivity (Wildman–Crippen MR) is 147 cm³/mol. The third-order valence-electron chi connectivity index (χ3n) is 6.34. The Hall–Kier alpha value is -3.36. The average molecular weight is 540 g/mol. The predicted octanol–water partition coefficient (Wildman–Crippen LogP) is 5.50. The Kier molecular flexibility index (Phi) is 8.51. The van der Waals surface area contributed by atoms with Crippen molar-refractivity contribution in [1.82, 2.24) is 4.90 Å². The number of sulfonamides is 1. The number of carbonyl (C=O) groups excluding carboxylic acids is 2. The fourth-order valence-electron chi connectivity index (χ4n) is 4.33. The number of hydrogen-bond acceptors (Lipinski definition) is 4. The molecular formula is C28H30ClN3O4S. The molecule has 1 fully saturated rings. The standard InChI is InChI=1S/C28H30ClN3O4S/c1-21-14-16-22(17-15-21)37(35,36)32(26-13-7-5-11-24(26)29)20-27(33)30-25-12-6-4-10-23(25)28(34)31-18-8-2-3-9-19-31/h4-7,10-17H,2-3,8-9,18-20H2,1H3,(H,30,33). The molecule has 0 unspecified atom stereocenters. The monoisotopic (exact) mass is 539 g/mol. The second-order valence-electron chi connectivity index (χ2n) is 9.08. The van der Waals surface area contributed by atoms with E-state index in [-0.39, 0.29) is 21.5 Å². The molecule has 9 heteroatoms. The van der Waals surface area contributed by atoms with E-state index in [2.05, 4.69) is 5.32 Å². The SMILES string of the molecule is Cc1ccc(S(=O)(=O)N(CC(=O)Nc2ccccc2C(=O)N2CCCCCC2)c2ccccc2Cl)cc1. The smallest absolute Gasteiger partial charge is 0.264 e. The van der Waals surface area contributed by atoms with Crippen LogP contribution in [0.15, 0.2) is 77.7 Å². The Bertz CT molecular complexity index is 1370. The van der Waals surface area contributed by atoms with Crippen molar-refractivity contribution in [1.29, 1.82) is 0 Å². The number of nitrogens with zero attached hydrogens (tertiary/aromatic N) is 2. The summed E-state index contributed by atoms with van der Waals surface area (Å²) < 4.78 is 28.2. The maximum Gasteiger partial charge on any atom is 0.264 e. The van der Waals surface area contributed by atoms with Gasteiger partial charge in [-0.1, -0.05) is 66.4 Å². The molecule has 0 saturated carbocycles. The number of halogens is 1. The van der Waals surface area contributed by atoms with E-state index in [1.165, 1.54) is 12.1 Å². The summed E-state index contributed by atoms with van der Waals surface area (Å²) in [4.78, 5) is 28.4. The van der Waals surface area contributed by atoms with E-state index < -0.39 is 22.5 Å². The van der Waals surface area contributed by atoms with Gasteiger partial charge in [-0.25, -0.2) is 8.42 Å². The molecule has 4 rings (SSSR count). The highest BCUT2D eigenvalue weighted by Crippen LogP contribution is 2.30. The van der Waals surface area contributed by atoms with Crippen LogP contribution in [0.4, 0.5) is 11.4 Å². The lowest BCUT2D eigenvalue weighted by Crippen LogP contribution is -2.39. The minimum absolute atomic E-state index is 0.0440. The molecule has 37 heavy (non-hydrogen) atoms. The molecule has 1 saturated heterocycles. The summed E-state index contributed by atoms with van der Waals surface area (Å²) in [6.45, 7) is 2.69. The number of rotatable bonds is 7. The first-order chi connectivity index (χ1) is 17.8. The van der Waals surface area contributed by atoms with E-state index in [1.807, 2.05) is 11.8 Å². The number of hydrogen-bond donors (Lipinski definition) is 1. The van der Waals surface area contributed by atoms with Gasteiger partial charge < -0.3 is 10.2 Å². The van der Waals surface area contributed by atoms with Crippen LogP contribution in [-0.4, -0.2) is 44.8 Å². The molecule has 1 heterocycles. The van der Waals surface area contributed by atoms with Gasteiger partial charge >= 0.3 is 0 Å². The van der Waals surface area contributed by atoms with E-state index in [4.69, 9.17) is 11.6 Å². The summed E-state index contributed by atoms with van der Waals surface area (Å²) in [5.74, 6) is -0.736. The molecule has 0 bridgehead atoms. The van der Waals surface area contributed by atoms with E-state index in [0.29, 0.717) is 24.3 Å². The molecule has 194 valence electrons. The molecule has 0 spiro atoms. The number of benzene rings is 3. The van der Waals surface area contributed by atoms with Crippen LogP contribution in [0.25, 0.3) is 0 Å². The molecule has 3 aromatic carbocycles. The number of para-hydroxylation sites is 2. The fourth-order valence-corrected chi connectivity index (χ4v) is 6.06. The Morgan fingerprint density at radius 3 is 2.19 bits per heavy atom. The van der Waals surface area contributed by atoms with Gasteiger partial charge in [-0.2, -0.15) is 0 Å². The quantitative estimate of drug-likeness (QED) is 0.429. The van der Waals surface area contributed by atoms with Crippen LogP contribution in [0.5, 0.6) is 0 Å². The summed E-state index contributed by atoms with van der Waals surface area (Å²) in [6, 6.07) is 19.7. The van der Waals surface area contributed by atoms with Crippen LogP contribution < -0.4 is 9.62 Å². The second kappa shape index (κ2) is 11.8. The van der Waals surface area contributed by atoms with E-state index in [1.54, 1.807) is 60.7 Å². The molecule has 0 aliphatic carbocycles. The van der Waals surface area contributed by atoms with Crippen molar-refractivity contribution in [2.75, 3.05) is 29.3 Å². The Morgan fingerprint density at radius 1 is 0.892 bits per heavy atom. The van der Waals surface area contributed by atoms with Crippen molar-refractivity contribution >= 4 is 44.8 Å². The number of aryl methyl sites for hydroxylation is 1. The molecule has 0 radical (unpaired) electrons. The van der Waals surface area contributed by atoms with Crippen LogP contribution in [0.2, 0.25) is 5.02 Å². The highest BCUT2D eigenvalue weighted by molar-refractivity contribution is 7.92. The molecule has 0 aromatic heterocycles. The van der Waals surface area contributed by atoms with Crippen molar-refractivity contribution in [3.8, 4) is 0 Å². The van der Waals surface area contributed by atoms with Crippen LogP contribution in [0, 0.1) is 6.92 Å². The molecule has 2 amide bonds. The number of anilines is 2. The lowest BCUT2D eigenvalue weighted by molar-refractivity contribution is -0.114. The lowest BCUT2D eigenvalue weighted by Gasteiger charge is -2.25. The Morgan fingerprint density at radius 2 is 1.51 bits per heavy atom. The summed E-state index contributed by atoms with van der Waals surface area (Å²) in [5.41, 5.74) is 1.82. The Labute approximate surface area is 223 Å². The van der Waals surface area contributed by atoms with Gasteiger partial charge in [0.25, 0.3) is 15.9 Å². The van der Waals surface area contributed by atoms with E-state index in [0.717, 1.165) is 35.6 Å². The fraction of sp³-hybridized carbons (Fsp3) is 0.286. The maximum atomic E-state index is 13.6. The zero-order chi connectivity index (χ0) is 26.4. The Balaban J connectivity index is 1.62. The maximum absolute atomic E-state index is 13.6. The van der Waals surface area contributed by atoms with Gasteiger partial charge in [-0.3, -0.25) is 13.9 Å². The van der Waals surface area contributed by atoms with Gasteiger partial charge in [0.05, 0.1) is 26.9 Å². The molecule has 1 aliphatic heterocycles. The lowest BCUT2D eigenvalue weighted by atomic mass is 10.1. The van der Waals surface area contributed by atoms with Gasteiger partial charge in [-0.15, -0.1) is 0 Å². The van der Waals surface area contributed by atoms with Crippen molar-refractivity contribution in [2.45, 2.75) is 37.5 Å². The minimum Gasteiger partial charge on any atom is -0.339 e. The normalized spacial score (nSPS) is 14.1. The number of nitrogens with one attached hydrogen (secondary N) is 1. The van der Waals surface area contributed by atoms with Crippen molar-refractivity contribution in [2.24, 2.45) is 0 Å². The summed E-state index contributed by atoms with van der Waals surface area (Å²) in [5, 5.41) is 2.96. The van der Waals surface area contributed by atoms with Crippen LogP contribution in [0.3, 0.4) is 0 Å². The van der Waals surface area contributed by atoms with Crippen LogP contribution >= 0.6 is 11.6 Å². The second-order valence-corrected chi connectivity index (χ2v) is 11.3. The molecule has 1 N–H and O–H groups in total. The third kappa shape index (κ3) is 6.32. The van der Waals surface area contributed by atoms with Gasteiger partial charge in [0, 0.05) is 13.1 Å². The first kappa shape index (κ1) is 26.7. The van der Waals surface area contributed by atoms with Gasteiger partial charge in [0.1, 0.15) is 6.54 Å². The van der Waals surface area contributed by atoms with Gasteiger partial charge in [0.2, 0.25) is 5.91 Å². The largest absolute Gasteiger partial charge is 0.339 e. The first-order valence-electron chi connectivity index (χ1n) is 12.3. The van der Waals surface area contributed by atoms with Crippen molar-refractivity contribution < 1.29 is 18.0 Å². The van der Waals surface area contributed by atoms with Crippen LogP contribution in [0.1, 0.15) is 41.6 Å². The minimum atomic E-state index is -4.12.